The van der Waals surface area contributed by atoms with Gasteiger partial charge in [-0.2, -0.15) is 18.4 Å². The summed E-state index contributed by atoms with van der Waals surface area (Å²) in [6.45, 7) is 11.0. The summed E-state index contributed by atoms with van der Waals surface area (Å²) >= 11 is 5.71. The molecule has 4 heterocycles. The number of alkyl halides is 3. The fourth-order valence-corrected chi connectivity index (χ4v) is 9.45. The van der Waals surface area contributed by atoms with Gasteiger partial charge in [0.05, 0.1) is 36.7 Å². The second-order valence-electron chi connectivity index (χ2n) is 16.4. The molecule has 16 heteroatoms. The van der Waals surface area contributed by atoms with Gasteiger partial charge in [0.2, 0.25) is 11.8 Å². The number of pyridine rings is 1. The number of nitrogens with zero attached hydrogens (tertiary/aromatic N) is 6. The van der Waals surface area contributed by atoms with Gasteiger partial charge in [0, 0.05) is 56.5 Å². The molecule has 57 heavy (non-hydrogen) atoms. The van der Waals surface area contributed by atoms with Crippen molar-refractivity contribution in [3.8, 4) is 6.07 Å². The maximum atomic E-state index is 13.7. The van der Waals surface area contributed by atoms with Crippen molar-refractivity contribution in [1.82, 2.24) is 25.0 Å². The van der Waals surface area contributed by atoms with E-state index in [0.29, 0.717) is 51.7 Å². The van der Waals surface area contributed by atoms with E-state index in [9.17, 15) is 32.3 Å². The van der Waals surface area contributed by atoms with E-state index in [-0.39, 0.29) is 58.5 Å². The first kappa shape index (κ1) is 42.3. The van der Waals surface area contributed by atoms with Gasteiger partial charge < -0.3 is 9.64 Å². The first-order valence-corrected chi connectivity index (χ1v) is 20.0. The minimum Gasteiger partial charge on any atom is -0.377 e. The number of hydrogen-bond acceptors (Lipinski definition) is 10. The molecule has 3 atom stereocenters. The van der Waals surface area contributed by atoms with E-state index in [1.54, 1.807) is 13.8 Å². The van der Waals surface area contributed by atoms with E-state index < -0.39 is 28.9 Å². The maximum absolute atomic E-state index is 13.7. The van der Waals surface area contributed by atoms with Crippen LogP contribution < -0.4 is 10.2 Å². The zero-order valence-corrected chi connectivity index (χ0v) is 33.6. The Morgan fingerprint density at radius 1 is 1.05 bits per heavy atom. The van der Waals surface area contributed by atoms with Crippen LogP contribution in [0.2, 0.25) is 0 Å². The number of halogens is 3. The van der Waals surface area contributed by atoms with Crippen molar-refractivity contribution in [2.45, 2.75) is 115 Å². The molecule has 0 radical (unpaired) electrons. The van der Waals surface area contributed by atoms with Gasteiger partial charge in [0.15, 0.2) is 16.6 Å². The molecule has 0 spiro atoms. The average Bonchev–Trinajstić information content (AvgIpc) is 3.32. The van der Waals surface area contributed by atoms with Gasteiger partial charge in [-0.25, -0.2) is 4.98 Å². The molecule has 3 aliphatic heterocycles. The summed E-state index contributed by atoms with van der Waals surface area (Å²) in [6, 6.07) is 10.3. The van der Waals surface area contributed by atoms with E-state index in [2.05, 4.69) is 33.9 Å². The highest BCUT2D eigenvalue weighted by Crippen LogP contribution is 2.40. The van der Waals surface area contributed by atoms with Gasteiger partial charge in [-0.1, -0.05) is 24.3 Å². The zero-order valence-electron chi connectivity index (χ0n) is 32.8. The van der Waals surface area contributed by atoms with Crippen LogP contribution in [-0.4, -0.2) is 111 Å². The van der Waals surface area contributed by atoms with Gasteiger partial charge in [-0.15, -0.1) is 0 Å². The molecule has 1 saturated carbocycles. The van der Waals surface area contributed by atoms with Crippen molar-refractivity contribution in [3.63, 3.8) is 0 Å². The Balaban J connectivity index is 0.943. The second-order valence-corrected chi connectivity index (χ2v) is 16.7. The number of imide groups is 1. The fraction of sp³-hybridized carbons (Fsp3) is 0.585. The monoisotopic (exact) mass is 809 g/mol. The fourth-order valence-electron chi connectivity index (χ4n) is 8.88. The Morgan fingerprint density at radius 2 is 1.74 bits per heavy atom. The van der Waals surface area contributed by atoms with Gasteiger partial charge in [-0.05, 0) is 95.6 Å². The molecule has 12 nitrogen and oxygen atoms in total. The van der Waals surface area contributed by atoms with Crippen molar-refractivity contribution < 1.29 is 37.1 Å². The summed E-state index contributed by atoms with van der Waals surface area (Å²) in [4.78, 5) is 61.8. The molecule has 3 saturated heterocycles. The molecule has 1 aromatic heterocycles. The van der Waals surface area contributed by atoms with E-state index in [1.165, 1.54) is 6.07 Å². The third-order valence-electron chi connectivity index (χ3n) is 11.8. The lowest BCUT2D eigenvalue weighted by atomic mass is 9.89. The summed E-state index contributed by atoms with van der Waals surface area (Å²) in [5.74, 6) is -1.02. The normalized spacial score (nSPS) is 26.1. The molecule has 1 N–H and O–H groups in total. The Kier molecular flexibility index (Phi) is 12.8. The minimum atomic E-state index is -4.82. The minimum absolute atomic E-state index is 0.0284. The molecule has 306 valence electrons. The SMILES string of the molecule is C[C@@H]1CN(CCOC2CCC(N3C(=S)N(c4cnc(C#N)c(C(F)(F)F)c4)C(=O)C3(C)C)CC2)C[C@H](C)N1CC(=O)Cc1cccc(CC2CCC(=O)NC2=O)c1. The van der Waals surface area contributed by atoms with E-state index in [4.69, 9.17) is 22.2 Å². The molecule has 1 aliphatic carbocycles. The number of hydrogen-bond donors (Lipinski definition) is 1. The smallest absolute Gasteiger partial charge is 0.377 e. The summed E-state index contributed by atoms with van der Waals surface area (Å²) in [5.41, 5.74) is -1.29. The zero-order chi connectivity index (χ0) is 41.2. The van der Waals surface area contributed by atoms with E-state index >= 15 is 0 Å². The first-order chi connectivity index (χ1) is 27.0. The maximum Gasteiger partial charge on any atom is 0.419 e. The number of rotatable bonds is 12. The predicted molar refractivity (Wildman–Crippen MR) is 209 cm³/mol. The highest BCUT2D eigenvalue weighted by Gasteiger charge is 2.53. The number of nitriles is 1. The standard InChI is InChI=1S/C41H50F3N7O5S/c1-25-22-48(23-26(2)49(25)24-32(52)18-28-7-5-6-27(16-28)17-29-8-13-36(53)47-37(29)54)14-15-56-33-11-9-30(10-12-33)51-39(57)50(38(55)40(51,3)4)31-19-34(41(42,43)44)35(20-45)46-21-31/h5-7,16,19,21,25-26,29-30,33H,8-15,17-18,22-24H2,1-4H3,(H,47,53,54)/t25-,26+,29?,30?,33?. The van der Waals surface area contributed by atoms with Gasteiger partial charge in [0.1, 0.15) is 11.6 Å². The molecular weight excluding hydrogens is 760 g/mol. The van der Waals surface area contributed by atoms with Gasteiger partial charge >= 0.3 is 6.18 Å². The topological polar surface area (TPSA) is 139 Å². The third kappa shape index (κ3) is 9.54. The van der Waals surface area contributed by atoms with Crippen molar-refractivity contribution in [3.05, 3.63) is 58.9 Å². The lowest BCUT2D eigenvalue weighted by Gasteiger charge is -2.44. The predicted octanol–water partition coefficient (Wildman–Crippen LogP) is 4.81. The van der Waals surface area contributed by atoms with Crippen LogP contribution >= 0.6 is 12.2 Å². The van der Waals surface area contributed by atoms with Crippen LogP contribution in [0.3, 0.4) is 0 Å². The number of nitrogens with one attached hydrogen (secondary N) is 1. The van der Waals surface area contributed by atoms with Crippen LogP contribution in [0.25, 0.3) is 0 Å². The Hall–Kier alpha value is -4.30. The number of Topliss-reactive ketones (excluding diaryl/α,β-unsaturated/α-hetero) is 1. The molecule has 2 aromatic rings. The highest BCUT2D eigenvalue weighted by molar-refractivity contribution is 7.80. The number of ketones is 1. The van der Waals surface area contributed by atoms with Crippen molar-refractivity contribution in [2.24, 2.45) is 5.92 Å². The Bertz CT molecular complexity index is 1920. The quantitative estimate of drug-likeness (QED) is 0.234. The second kappa shape index (κ2) is 17.3. The number of amides is 3. The number of aromatic nitrogens is 1. The highest BCUT2D eigenvalue weighted by atomic mass is 32.1. The van der Waals surface area contributed by atoms with Crippen molar-refractivity contribution in [1.29, 1.82) is 5.26 Å². The Morgan fingerprint density at radius 3 is 2.39 bits per heavy atom. The summed E-state index contributed by atoms with van der Waals surface area (Å²) in [6.07, 6.45) is 0.890. The average molecular weight is 810 g/mol. The molecule has 1 aromatic carbocycles. The lowest BCUT2D eigenvalue weighted by molar-refractivity contribution is -0.138. The molecule has 3 amide bonds. The molecule has 6 rings (SSSR count). The first-order valence-electron chi connectivity index (χ1n) is 19.6. The number of benzene rings is 1. The number of piperidine rings is 1. The van der Waals surface area contributed by atoms with Crippen LogP contribution in [0.15, 0.2) is 36.5 Å². The molecule has 4 aliphatic rings. The van der Waals surface area contributed by atoms with Crippen LogP contribution in [0.1, 0.15) is 88.6 Å². The summed E-state index contributed by atoms with van der Waals surface area (Å²) in [7, 11) is 0. The van der Waals surface area contributed by atoms with Crippen LogP contribution in [-0.2, 0) is 42.9 Å². The van der Waals surface area contributed by atoms with Gasteiger partial charge in [0.25, 0.3) is 5.91 Å². The van der Waals surface area contributed by atoms with Crippen LogP contribution in [0, 0.1) is 17.2 Å². The molecule has 0 bridgehead atoms. The van der Waals surface area contributed by atoms with Crippen molar-refractivity contribution >= 4 is 46.5 Å². The number of thiocarbonyl (C=S) groups is 1. The number of carbonyl (C=O) groups is 4. The number of carbonyl (C=O) groups excluding carboxylic acids is 4. The molecular formula is C41H50F3N7O5S. The van der Waals surface area contributed by atoms with Crippen LogP contribution in [0.5, 0.6) is 0 Å². The van der Waals surface area contributed by atoms with Gasteiger partial charge in [-0.3, -0.25) is 39.2 Å². The molecule has 1 unspecified atom stereocenters. The number of anilines is 1. The number of piperazine rings is 1. The summed E-state index contributed by atoms with van der Waals surface area (Å²) < 4.78 is 47.4. The van der Waals surface area contributed by atoms with Crippen molar-refractivity contribution in [2.75, 3.05) is 37.7 Å². The van der Waals surface area contributed by atoms with E-state index in [1.807, 2.05) is 29.2 Å². The summed E-state index contributed by atoms with van der Waals surface area (Å²) in [5, 5.41) is 11.7. The van der Waals surface area contributed by atoms with Crippen LogP contribution in [0.4, 0.5) is 18.9 Å². The molecule has 4 fully saturated rings. The third-order valence-corrected chi connectivity index (χ3v) is 12.2. The number of ether oxygens (including phenoxy) is 1. The Labute approximate surface area is 336 Å². The van der Waals surface area contributed by atoms with E-state index in [0.717, 1.165) is 60.8 Å². The largest absolute Gasteiger partial charge is 0.419 e. The lowest BCUT2D eigenvalue weighted by Crippen LogP contribution is -2.58.